The molecule has 0 saturated carbocycles. The second-order valence-electron chi connectivity index (χ2n) is 6.92. The van der Waals surface area contributed by atoms with Crippen LogP contribution in [0.4, 0.5) is 11.5 Å². The molecule has 3 aromatic heterocycles. The van der Waals surface area contributed by atoms with Crippen molar-refractivity contribution in [2.45, 2.75) is 32.2 Å². The molecule has 2 aliphatic heterocycles. The predicted molar refractivity (Wildman–Crippen MR) is 95.2 cm³/mol. The van der Waals surface area contributed by atoms with Gasteiger partial charge in [0.25, 0.3) is 0 Å². The van der Waals surface area contributed by atoms with Crippen LogP contribution in [0.15, 0.2) is 24.5 Å². The van der Waals surface area contributed by atoms with Crippen molar-refractivity contribution < 1.29 is 4.79 Å². The van der Waals surface area contributed by atoms with E-state index in [0.717, 1.165) is 55.5 Å². The van der Waals surface area contributed by atoms with E-state index >= 15 is 0 Å². The molecule has 0 N–H and O–H groups in total. The molecule has 0 aromatic carbocycles. The van der Waals surface area contributed by atoms with Gasteiger partial charge >= 0.3 is 0 Å². The molecule has 5 heterocycles. The van der Waals surface area contributed by atoms with Gasteiger partial charge in [0.05, 0.1) is 17.9 Å². The monoisotopic (exact) mass is 352 g/mol. The number of aryl methyl sites for hydroxylation is 1. The first-order chi connectivity index (χ1) is 12.7. The first-order valence-corrected chi connectivity index (χ1v) is 8.97. The summed E-state index contributed by atoms with van der Waals surface area (Å²) in [6.45, 7) is 4.45. The number of nitrogens with zero attached hydrogens (tertiary/aromatic N) is 8. The molecule has 1 amide bonds. The zero-order valence-electron chi connectivity index (χ0n) is 14.6. The van der Waals surface area contributed by atoms with E-state index in [1.165, 1.54) is 0 Å². The van der Waals surface area contributed by atoms with Gasteiger partial charge in [-0.3, -0.25) is 9.48 Å². The van der Waals surface area contributed by atoms with Crippen LogP contribution in [-0.2, 0) is 4.79 Å². The number of aromatic nitrogens is 6. The van der Waals surface area contributed by atoms with Crippen molar-refractivity contribution in [2.24, 2.45) is 0 Å². The highest BCUT2D eigenvalue weighted by Crippen LogP contribution is 2.28. The van der Waals surface area contributed by atoms with Gasteiger partial charge < -0.3 is 9.80 Å². The second-order valence-corrected chi connectivity index (χ2v) is 6.92. The van der Waals surface area contributed by atoms with Gasteiger partial charge in [-0.05, 0) is 31.9 Å². The minimum absolute atomic E-state index is 0.194. The molecule has 1 unspecified atom stereocenters. The molecule has 5 rings (SSSR count). The van der Waals surface area contributed by atoms with E-state index in [1.807, 2.05) is 34.8 Å². The molecular weight excluding hydrogens is 332 g/mol. The fourth-order valence-electron chi connectivity index (χ4n) is 3.81. The van der Waals surface area contributed by atoms with Gasteiger partial charge in [0.2, 0.25) is 5.91 Å². The molecule has 2 fully saturated rings. The minimum atomic E-state index is 0.194. The standard InChI is InChI=1S/C17H20N8O/c1-12-19-20-15-4-5-16(21-25(12)15)22-8-6-13(10-22)24-11-14(9-18-24)23-7-2-3-17(23)26/h4-5,9,11,13H,2-3,6-8,10H2,1H3. The van der Waals surface area contributed by atoms with Gasteiger partial charge in [-0.1, -0.05) is 0 Å². The Morgan fingerprint density at radius 1 is 1.19 bits per heavy atom. The van der Waals surface area contributed by atoms with Crippen molar-refractivity contribution in [1.82, 2.24) is 29.6 Å². The van der Waals surface area contributed by atoms with Crippen LogP contribution in [0, 0.1) is 6.92 Å². The van der Waals surface area contributed by atoms with Crippen molar-refractivity contribution in [3.63, 3.8) is 0 Å². The predicted octanol–water partition coefficient (Wildman–Crippen LogP) is 1.21. The minimum Gasteiger partial charge on any atom is -0.353 e. The van der Waals surface area contributed by atoms with Gasteiger partial charge in [0.15, 0.2) is 11.5 Å². The zero-order valence-corrected chi connectivity index (χ0v) is 14.6. The van der Waals surface area contributed by atoms with Crippen LogP contribution in [-0.4, -0.2) is 55.1 Å². The third-order valence-corrected chi connectivity index (χ3v) is 5.24. The van der Waals surface area contributed by atoms with E-state index in [1.54, 1.807) is 10.7 Å². The van der Waals surface area contributed by atoms with Crippen LogP contribution in [0.1, 0.15) is 31.1 Å². The number of amides is 1. The summed E-state index contributed by atoms with van der Waals surface area (Å²) in [5, 5.41) is 17.3. The van der Waals surface area contributed by atoms with Crippen LogP contribution in [0.5, 0.6) is 0 Å². The average Bonchev–Trinajstić information content (AvgIpc) is 3.40. The summed E-state index contributed by atoms with van der Waals surface area (Å²) in [6.07, 6.45) is 6.36. The van der Waals surface area contributed by atoms with E-state index in [9.17, 15) is 4.79 Å². The molecule has 2 aliphatic rings. The SMILES string of the molecule is Cc1nnc2ccc(N3CCC(n4cc(N5CCCC5=O)cn4)C3)nn12. The summed E-state index contributed by atoms with van der Waals surface area (Å²) in [6, 6.07) is 4.21. The number of hydrogen-bond acceptors (Lipinski definition) is 6. The Kier molecular flexibility index (Phi) is 3.41. The van der Waals surface area contributed by atoms with Gasteiger partial charge in [-0.15, -0.1) is 15.3 Å². The van der Waals surface area contributed by atoms with Gasteiger partial charge in [0.1, 0.15) is 5.82 Å². The molecule has 2 saturated heterocycles. The summed E-state index contributed by atoms with van der Waals surface area (Å²) >= 11 is 0. The molecule has 9 nitrogen and oxygen atoms in total. The lowest BCUT2D eigenvalue weighted by Crippen LogP contribution is -2.24. The molecule has 0 radical (unpaired) electrons. The first kappa shape index (κ1) is 15.3. The van der Waals surface area contributed by atoms with E-state index in [-0.39, 0.29) is 11.9 Å². The lowest BCUT2D eigenvalue weighted by Gasteiger charge is -2.17. The number of anilines is 2. The summed E-state index contributed by atoms with van der Waals surface area (Å²) < 4.78 is 3.76. The lowest BCUT2D eigenvalue weighted by molar-refractivity contribution is -0.117. The number of carbonyl (C=O) groups is 1. The Labute approximate surface area is 150 Å². The smallest absolute Gasteiger partial charge is 0.227 e. The quantitative estimate of drug-likeness (QED) is 0.704. The fraction of sp³-hybridized carbons (Fsp3) is 0.471. The maximum Gasteiger partial charge on any atom is 0.227 e. The van der Waals surface area contributed by atoms with Crippen LogP contribution < -0.4 is 9.80 Å². The summed E-state index contributed by atoms with van der Waals surface area (Å²) in [5.74, 6) is 1.90. The number of rotatable bonds is 3. The van der Waals surface area contributed by atoms with Crippen LogP contribution in [0.3, 0.4) is 0 Å². The fourth-order valence-corrected chi connectivity index (χ4v) is 3.81. The zero-order chi connectivity index (χ0) is 17.7. The third kappa shape index (κ3) is 2.42. The van der Waals surface area contributed by atoms with Crippen molar-refractivity contribution in [1.29, 1.82) is 0 Å². The Bertz CT molecular complexity index is 976. The summed E-state index contributed by atoms with van der Waals surface area (Å²) in [4.78, 5) is 16.0. The second kappa shape index (κ2) is 5.79. The topological polar surface area (TPSA) is 84.5 Å². The lowest BCUT2D eigenvalue weighted by atomic mass is 10.3. The Morgan fingerprint density at radius 3 is 2.96 bits per heavy atom. The third-order valence-electron chi connectivity index (χ3n) is 5.24. The first-order valence-electron chi connectivity index (χ1n) is 8.97. The molecule has 3 aromatic rings. The highest BCUT2D eigenvalue weighted by Gasteiger charge is 2.28. The Balaban J connectivity index is 1.34. The molecule has 26 heavy (non-hydrogen) atoms. The van der Waals surface area contributed by atoms with Crippen LogP contribution in [0.2, 0.25) is 0 Å². The Morgan fingerprint density at radius 2 is 2.12 bits per heavy atom. The maximum absolute atomic E-state index is 11.9. The van der Waals surface area contributed by atoms with E-state index in [0.29, 0.717) is 6.42 Å². The molecular formula is C17H20N8O. The van der Waals surface area contributed by atoms with Gasteiger partial charge in [-0.2, -0.15) is 9.61 Å². The summed E-state index contributed by atoms with van der Waals surface area (Å²) in [5.41, 5.74) is 1.67. The number of fused-ring (bicyclic) bond motifs is 1. The van der Waals surface area contributed by atoms with Gasteiger partial charge in [0, 0.05) is 32.3 Å². The molecule has 9 heteroatoms. The highest BCUT2D eigenvalue weighted by molar-refractivity contribution is 5.95. The number of hydrogen-bond donors (Lipinski definition) is 0. The van der Waals surface area contributed by atoms with Crippen molar-refractivity contribution >= 4 is 23.1 Å². The van der Waals surface area contributed by atoms with Crippen molar-refractivity contribution in [2.75, 3.05) is 29.4 Å². The van der Waals surface area contributed by atoms with Crippen molar-refractivity contribution in [3.8, 4) is 0 Å². The van der Waals surface area contributed by atoms with Crippen molar-refractivity contribution in [3.05, 3.63) is 30.4 Å². The van der Waals surface area contributed by atoms with Gasteiger partial charge in [-0.25, -0.2) is 0 Å². The molecule has 0 aliphatic carbocycles. The largest absolute Gasteiger partial charge is 0.353 e. The normalized spacial score (nSPS) is 20.7. The molecule has 1 atom stereocenters. The maximum atomic E-state index is 11.9. The highest BCUT2D eigenvalue weighted by atomic mass is 16.2. The molecule has 134 valence electrons. The molecule has 0 spiro atoms. The van der Waals surface area contributed by atoms with Crippen LogP contribution in [0.25, 0.3) is 5.65 Å². The van der Waals surface area contributed by atoms with E-state index < -0.39 is 0 Å². The average molecular weight is 352 g/mol. The number of carbonyl (C=O) groups excluding carboxylic acids is 1. The van der Waals surface area contributed by atoms with Crippen LogP contribution >= 0.6 is 0 Å². The van der Waals surface area contributed by atoms with E-state index in [2.05, 4.69) is 25.3 Å². The summed E-state index contributed by atoms with van der Waals surface area (Å²) in [7, 11) is 0. The Hall–Kier alpha value is -2.97. The van der Waals surface area contributed by atoms with E-state index in [4.69, 9.17) is 0 Å². The molecule has 0 bridgehead atoms.